The van der Waals surface area contributed by atoms with E-state index in [2.05, 4.69) is 18.2 Å². The average Bonchev–Trinajstić information content (AvgIpc) is 3.48. The second kappa shape index (κ2) is 9.17. The first-order valence-corrected chi connectivity index (χ1v) is 12.3. The van der Waals surface area contributed by atoms with Gasteiger partial charge in [0.05, 0.1) is 31.2 Å². The van der Waals surface area contributed by atoms with Crippen LogP contribution in [0.5, 0.6) is 0 Å². The van der Waals surface area contributed by atoms with E-state index in [4.69, 9.17) is 15.8 Å². The molecule has 0 aliphatic heterocycles. The van der Waals surface area contributed by atoms with E-state index in [1.54, 1.807) is 19.2 Å². The summed E-state index contributed by atoms with van der Waals surface area (Å²) in [5, 5.41) is 24.4. The lowest BCUT2D eigenvalue weighted by molar-refractivity contribution is -0.146. The van der Waals surface area contributed by atoms with Crippen LogP contribution in [0.3, 0.4) is 0 Å². The van der Waals surface area contributed by atoms with Crippen LogP contribution in [-0.2, 0) is 11.2 Å². The highest BCUT2D eigenvalue weighted by Gasteiger charge is 2.59. The van der Waals surface area contributed by atoms with Crippen molar-refractivity contribution in [3.05, 3.63) is 34.7 Å². The minimum Gasteiger partial charge on any atom is -0.459 e. The van der Waals surface area contributed by atoms with Gasteiger partial charge >= 0.3 is 0 Å². The highest BCUT2D eigenvalue weighted by molar-refractivity contribution is 7.15. The minimum atomic E-state index is -0.710. The number of amides is 2. The van der Waals surface area contributed by atoms with Crippen LogP contribution in [0.1, 0.15) is 60.2 Å². The van der Waals surface area contributed by atoms with Crippen LogP contribution >= 0.6 is 11.3 Å². The van der Waals surface area contributed by atoms with Crippen molar-refractivity contribution in [2.75, 3.05) is 25.5 Å². The summed E-state index contributed by atoms with van der Waals surface area (Å²) in [6.07, 6.45) is 8.27. The molecule has 1 fully saturated rings. The van der Waals surface area contributed by atoms with Gasteiger partial charge in [-0.25, -0.2) is 4.98 Å². The Kier molecular flexibility index (Phi) is 6.60. The molecule has 2 aromatic rings. The lowest BCUT2D eigenvalue weighted by Crippen LogP contribution is -2.57. The summed E-state index contributed by atoms with van der Waals surface area (Å²) in [7, 11) is 1.68. The number of nitrogens with zero attached hydrogens (tertiary/aromatic N) is 2. The molecule has 3 N–H and O–H groups in total. The van der Waals surface area contributed by atoms with Gasteiger partial charge in [-0.1, -0.05) is 19.8 Å². The molecule has 2 heterocycles. The van der Waals surface area contributed by atoms with Crippen LogP contribution in [0.2, 0.25) is 0 Å². The zero-order valence-electron chi connectivity index (χ0n) is 19.7. The average molecular weight is 486 g/mol. The van der Waals surface area contributed by atoms with E-state index in [-0.39, 0.29) is 48.5 Å². The van der Waals surface area contributed by atoms with Crippen molar-refractivity contribution in [2.45, 2.75) is 51.6 Å². The number of rotatable bonds is 6. The van der Waals surface area contributed by atoms with E-state index in [0.717, 1.165) is 10.6 Å². The lowest BCUT2D eigenvalue weighted by atomic mass is 9.47. The van der Waals surface area contributed by atoms with E-state index in [9.17, 15) is 19.8 Å². The Labute approximate surface area is 203 Å². The fourth-order valence-corrected chi connectivity index (χ4v) is 6.88. The fraction of sp³-hybridized carbons (Fsp3) is 0.560. The van der Waals surface area contributed by atoms with Crippen LogP contribution < -0.4 is 5.32 Å². The van der Waals surface area contributed by atoms with Gasteiger partial charge in [-0.3, -0.25) is 14.9 Å². The van der Waals surface area contributed by atoms with E-state index in [1.807, 2.05) is 6.92 Å². The topological polar surface area (TPSA) is 116 Å². The van der Waals surface area contributed by atoms with Gasteiger partial charge in [-0.15, -0.1) is 17.8 Å². The molecule has 2 amide bonds. The second-order valence-corrected chi connectivity index (χ2v) is 11.0. The molecule has 0 saturated heterocycles. The molecule has 8 nitrogen and oxygen atoms in total. The molecule has 5 atom stereocenters. The summed E-state index contributed by atoms with van der Waals surface area (Å²) >= 11 is 1.37. The number of hydrogen-bond acceptors (Lipinski definition) is 7. The number of aromatic nitrogens is 1. The van der Waals surface area contributed by atoms with E-state index >= 15 is 0 Å². The van der Waals surface area contributed by atoms with Crippen molar-refractivity contribution >= 4 is 28.3 Å². The molecule has 0 unspecified atom stereocenters. The van der Waals surface area contributed by atoms with Gasteiger partial charge in [0.1, 0.15) is 0 Å². The number of aliphatic hydroxyl groups is 2. The molecule has 182 valence electrons. The summed E-state index contributed by atoms with van der Waals surface area (Å²) in [6, 6.07) is 3.22. The summed E-state index contributed by atoms with van der Waals surface area (Å²) in [4.78, 5) is 32.9. The van der Waals surface area contributed by atoms with Crippen molar-refractivity contribution in [3.8, 4) is 12.3 Å². The highest BCUT2D eigenvalue weighted by atomic mass is 32.1. The van der Waals surface area contributed by atoms with E-state index in [0.29, 0.717) is 24.4 Å². The predicted molar refractivity (Wildman–Crippen MR) is 128 cm³/mol. The first-order chi connectivity index (χ1) is 16.1. The van der Waals surface area contributed by atoms with Crippen molar-refractivity contribution in [3.63, 3.8) is 0 Å². The lowest BCUT2D eigenvalue weighted by Gasteiger charge is -2.58. The third kappa shape index (κ3) is 4.04. The zero-order valence-corrected chi connectivity index (χ0v) is 20.5. The van der Waals surface area contributed by atoms with Gasteiger partial charge in [0, 0.05) is 29.7 Å². The van der Waals surface area contributed by atoms with E-state index in [1.165, 1.54) is 22.5 Å². The number of carbonyl (C=O) groups excluding carboxylic acids is 2. The Morgan fingerprint density at radius 2 is 2.21 bits per heavy atom. The summed E-state index contributed by atoms with van der Waals surface area (Å²) in [5.41, 5.74) is -0.275. The molecule has 0 bridgehead atoms. The molecule has 0 aromatic carbocycles. The maximum absolute atomic E-state index is 13.1. The quantitative estimate of drug-likeness (QED) is 0.542. The van der Waals surface area contributed by atoms with Crippen LogP contribution in [0, 0.1) is 29.1 Å². The predicted octanol–water partition coefficient (Wildman–Crippen LogP) is 2.89. The number of aliphatic hydroxyl groups excluding tert-OH is 2. The maximum atomic E-state index is 13.1. The molecule has 2 aliphatic rings. The summed E-state index contributed by atoms with van der Waals surface area (Å²) in [5.74, 6) is 1.92. The number of hydrogen-bond donors (Lipinski definition) is 3. The van der Waals surface area contributed by atoms with Gasteiger partial charge in [-0.2, -0.15) is 0 Å². The summed E-state index contributed by atoms with van der Waals surface area (Å²) < 4.78 is 5.18. The van der Waals surface area contributed by atoms with Crippen molar-refractivity contribution in [2.24, 2.45) is 16.7 Å². The number of nitrogens with one attached hydrogen (secondary N) is 1. The van der Waals surface area contributed by atoms with Crippen molar-refractivity contribution in [1.29, 1.82) is 0 Å². The Morgan fingerprint density at radius 1 is 1.44 bits per heavy atom. The number of anilines is 1. The monoisotopic (exact) mass is 485 g/mol. The highest BCUT2D eigenvalue weighted by Crippen LogP contribution is 2.62. The molecule has 4 rings (SSSR count). The molecule has 2 aliphatic carbocycles. The van der Waals surface area contributed by atoms with Crippen LogP contribution in [0.25, 0.3) is 0 Å². The number of thiazole rings is 1. The minimum absolute atomic E-state index is 0.0638. The Hall–Kier alpha value is -2.67. The van der Waals surface area contributed by atoms with Gasteiger partial charge in [-0.05, 0) is 42.7 Å². The number of carbonyl (C=O) groups is 2. The Bertz CT molecular complexity index is 1110. The van der Waals surface area contributed by atoms with Gasteiger partial charge < -0.3 is 19.5 Å². The van der Waals surface area contributed by atoms with Crippen molar-refractivity contribution in [1.82, 2.24) is 9.88 Å². The van der Waals surface area contributed by atoms with Gasteiger partial charge in [0.2, 0.25) is 5.91 Å². The molecular weight excluding hydrogens is 454 g/mol. The normalized spacial score (nSPS) is 30.1. The standard InChI is InChI=1S/C25H31N3O5S/c1-5-10-28(4)20(31)12-15-21-17(34-23(26-21)27-22(32)16-7-6-11-33-16)13-18-24(15,2)9-8-19(30)25(18,3)14-29/h1,6-7,11,15,18-19,29-30H,8-10,12-14H2,2-4H3,(H,26,27,32)/t15-,18+,19-,24+,25+/m1/s1. The van der Waals surface area contributed by atoms with Crippen LogP contribution in [0.15, 0.2) is 22.8 Å². The third-order valence-electron chi connectivity index (χ3n) is 7.99. The molecular formula is C25H31N3O5S. The second-order valence-electron chi connectivity index (χ2n) is 9.95. The largest absolute Gasteiger partial charge is 0.459 e. The van der Waals surface area contributed by atoms with Gasteiger partial charge in [0.25, 0.3) is 5.91 Å². The molecule has 34 heavy (non-hydrogen) atoms. The van der Waals surface area contributed by atoms with E-state index < -0.39 is 17.4 Å². The number of furan rings is 1. The first-order valence-electron chi connectivity index (χ1n) is 11.4. The Balaban J connectivity index is 1.73. The van der Waals surface area contributed by atoms with Crippen LogP contribution in [0.4, 0.5) is 5.13 Å². The third-order valence-corrected chi connectivity index (χ3v) is 9.00. The smallest absolute Gasteiger partial charge is 0.293 e. The SMILES string of the molecule is C#CCN(C)C(=O)C[C@@H]1c2nc(NC(=O)c3ccco3)sc2C[C@@H]2[C@](C)(CO)[C@H](O)CC[C@]21C. The summed E-state index contributed by atoms with van der Waals surface area (Å²) in [6.45, 7) is 4.13. The number of fused-ring (bicyclic) bond motifs is 2. The fourth-order valence-electron chi connectivity index (χ4n) is 5.82. The van der Waals surface area contributed by atoms with Gasteiger partial charge in [0.15, 0.2) is 10.9 Å². The van der Waals surface area contributed by atoms with Crippen LogP contribution in [-0.4, -0.2) is 58.2 Å². The molecule has 9 heteroatoms. The molecule has 2 aromatic heterocycles. The maximum Gasteiger partial charge on any atom is 0.293 e. The first kappa shape index (κ1) is 24.5. The number of terminal acetylenes is 1. The van der Waals surface area contributed by atoms with Crippen molar-refractivity contribution < 1.29 is 24.2 Å². The molecule has 0 spiro atoms. The Morgan fingerprint density at radius 3 is 2.85 bits per heavy atom. The molecule has 1 saturated carbocycles. The molecule has 0 radical (unpaired) electrons. The zero-order chi connectivity index (χ0) is 24.7.